The summed E-state index contributed by atoms with van der Waals surface area (Å²) in [5, 5.41) is 19.6. The molecular weight excluding hydrogens is 416 g/mol. The minimum absolute atomic E-state index is 0. The first-order valence-electron chi connectivity index (χ1n) is 11.4. The number of hydrogen-bond acceptors (Lipinski definition) is 6. The maximum Gasteiger partial charge on any atom is 0.0969 e. The van der Waals surface area contributed by atoms with Crippen LogP contribution in [0.3, 0.4) is 0 Å². The maximum atomic E-state index is 9.79. The zero-order valence-electron chi connectivity index (χ0n) is 19.7. The number of hydrogen-bond donors (Lipinski definition) is 2. The van der Waals surface area contributed by atoms with Gasteiger partial charge in [0, 0.05) is 52.5 Å². The molecule has 6 heteroatoms. The molecule has 0 spiro atoms. The van der Waals surface area contributed by atoms with Crippen molar-refractivity contribution in [1.29, 1.82) is 0 Å². The predicted molar refractivity (Wildman–Crippen MR) is 133 cm³/mol. The van der Waals surface area contributed by atoms with E-state index in [2.05, 4.69) is 47.9 Å². The van der Waals surface area contributed by atoms with Gasteiger partial charge in [-0.05, 0) is 25.0 Å². The van der Waals surface area contributed by atoms with Gasteiger partial charge in [-0.15, -0.1) is 0 Å². The highest BCUT2D eigenvalue weighted by Gasteiger charge is 2.34. The summed E-state index contributed by atoms with van der Waals surface area (Å²) in [6.45, 7) is 7.31. The van der Waals surface area contributed by atoms with Gasteiger partial charge in [0.05, 0.1) is 24.4 Å². The molecule has 2 aliphatic heterocycles. The first-order chi connectivity index (χ1) is 15.4. The van der Waals surface area contributed by atoms with Gasteiger partial charge >= 0.3 is 0 Å². The van der Waals surface area contributed by atoms with E-state index in [1.54, 1.807) is 14.2 Å². The minimum Gasteiger partial charge on any atom is -0.389 e. The second-order valence-electron chi connectivity index (χ2n) is 8.76. The van der Waals surface area contributed by atoms with Crippen LogP contribution in [0.4, 0.5) is 0 Å². The summed E-state index contributed by atoms with van der Waals surface area (Å²) < 4.78 is 10.5. The fourth-order valence-corrected chi connectivity index (χ4v) is 4.55. The molecule has 2 N–H and O–H groups in total. The molecule has 2 aromatic carbocycles. The van der Waals surface area contributed by atoms with Crippen LogP contribution in [0.15, 0.2) is 60.7 Å². The lowest BCUT2D eigenvalue weighted by Crippen LogP contribution is -2.26. The third-order valence-corrected chi connectivity index (χ3v) is 6.80. The van der Waals surface area contributed by atoms with Gasteiger partial charge in [-0.1, -0.05) is 68.1 Å². The van der Waals surface area contributed by atoms with Gasteiger partial charge < -0.3 is 19.7 Å². The van der Waals surface area contributed by atoms with Gasteiger partial charge in [0.1, 0.15) is 0 Å². The van der Waals surface area contributed by atoms with Crippen molar-refractivity contribution < 1.29 is 19.7 Å². The molecule has 33 heavy (non-hydrogen) atoms. The molecule has 0 bridgehead atoms. The van der Waals surface area contributed by atoms with E-state index in [0.717, 1.165) is 13.1 Å². The van der Waals surface area contributed by atoms with Crippen molar-refractivity contribution in [2.75, 3.05) is 40.4 Å². The van der Waals surface area contributed by atoms with Crippen LogP contribution in [0, 0.1) is 0 Å². The molecule has 0 aliphatic carbocycles. The van der Waals surface area contributed by atoms with Crippen LogP contribution in [0.25, 0.3) is 0 Å². The molecule has 0 saturated carbocycles. The molecule has 2 aromatic rings. The molecule has 2 aliphatic rings. The zero-order chi connectivity index (χ0) is 23.1. The summed E-state index contributed by atoms with van der Waals surface area (Å²) >= 11 is 0. The van der Waals surface area contributed by atoms with Crippen molar-refractivity contribution in [2.24, 2.45) is 0 Å². The van der Waals surface area contributed by atoms with E-state index in [4.69, 9.17) is 9.47 Å². The summed E-state index contributed by atoms with van der Waals surface area (Å²) in [6, 6.07) is 21.4. The van der Waals surface area contributed by atoms with Crippen molar-refractivity contribution in [3.63, 3.8) is 0 Å². The molecule has 6 nitrogen and oxygen atoms in total. The van der Waals surface area contributed by atoms with Gasteiger partial charge in [0.25, 0.3) is 0 Å². The monoisotopic (exact) mass is 458 g/mol. The highest BCUT2D eigenvalue weighted by atomic mass is 16.5. The van der Waals surface area contributed by atoms with Crippen LogP contribution < -0.4 is 0 Å². The standard InChI is InChI=1S/2C13H19NO2.CH4/c2*1-10(11-6-4-3-5-7-11)14-8-12(15)13(9-14)16-2;/h2*3-7,10,12-13,15H,8-9H2,1-2H3;1H4/t2*10-,12-,13-;/m00./s1. The third-order valence-electron chi connectivity index (χ3n) is 6.80. The van der Waals surface area contributed by atoms with E-state index in [1.807, 2.05) is 36.4 Å². The van der Waals surface area contributed by atoms with Crippen molar-refractivity contribution in [2.45, 2.75) is 57.8 Å². The van der Waals surface area contributed by atoms with Crippen LogP contribution >= 0.6 is 0 Å². The molecule has 4 rings (SSSR count). The lowest BCUT2D eigenvalue weighted by molar-refractivity contribution is 0.0214. The Hall–Kier alpha value is -1.80. The molecule has 0 unspecified atom stereocenters. The summed E-state index contributed by atoms with van der Waals surface area (Å²) in [7, 11) is 3.31. The molecule has 184 valence electrons. The Morgan fingerprint density at radius 1 is 0.667 bits per heavy atom. The molecule has 0 aromatic heterocycles. The molecule has 2 saturated heterocycles. The van der Waals surface area contributed by atoms with E-state index >= 15 is 0 Å². The second-order valence-corrected chi connectivity index (χ2v) is 8.76. The number of benzene rings is 2. The Balaban J connectivity index is 0.000000227. The molecule has 2 heterocycles. The van der Waals surface area contributed by atoms with Crippen molar-refractivity contribution in [3.05, 3.63) is 71.8 Å². The van der Waals surface area contributed by atoms with Crippen molar-refractivity contribution in [1.82, 2.24) is 9.80 Å². The second kappa shape index (κ2) is 13.2. The quantitative estimate of drug-likeness (QED) is 0.691. The zero-order valence-corrected chi connectivity index (χ0v) is 19.7. The fraction of sp³-hybridized carbons (Fsp3) is 0.556. The van der Waals surface area contributed by atoms with Gasteiger partial charge in [0.2, 0.25) is 0 Å². The van der Waals surface area contributed by atoms with Crippen molar-refractivity contribution >= 4 is 0 Å². The van der Waals surface area contributed by atoms with Crippen molar-refractivity contribution in [3.8, 4) is 0 Å². The van der Waals surface area contributed by atoms with Crippen LogP contribution in [0.5, 0.6) is 0 Å². The van der Waals surface area contributed by atoms with Crippen LogP contribution in [0.2, 0.25) is 0 Å². The summed E-state index contributed by atoms with van der Waals surface area (Å²) in [6.07, 6.45) is -0.829. The minimum atomic E-state index is -0.365. The van der Waals surface area contributed by atoms with Gasteiger partial charge in [-0.3, -0.25) is 9.80 Å². The summed E-state index contributed by atoms with van der Waals surface area (Å²) in [4.78, 5) is 4.52. The van der Waals surface area contributed by atoms with E-state index in [1.165, 1.54) is 11.1 Å². The normalized spacial score (nSPS) is 27.3. The van der Waals surface area contributed by atoms with E-state index in [0.29, 0.717) is 25.2 Å². The number of β-amino-alcohol motifs (C(OH)–C–C–N with tert-alkyl or cyclic N) is 2. The molecule has 0 amide bonds. The molecule has 6 atom stereocenters. The number of likely N-dealkylation sites (tertiary alicyclic amines) is 2. The van der Waals surface area contributed by atoms with Crippen LogP contribution in [0.1, 0.15) is 44.5 Å². The number of methoxy groups -OCH3 is 2. The Kier molecular flexibility index (Phi) is 11.0. The average molecular weight is 459 g/mol. The summed E-state index contributed by atoms with van der Waals surface area (Å²) in [5.74, 6) is 0. The van der Waals surface area contributed by atoms with E-state index < -0.39 is 0 Å². The average Bonchev–Trinajstić information content (AvgIpc) is 3.41. The number of aliphatic hydroxyl groups is 2. The summed E-state index contributed by atoms with van der Waals surface area (Å²) in [5.41, 5.74) is 2.57. The van der Waals surface area contributed by atoms with Gasteiger partial charge in [-0.2, -0.15) is 0 Å². The first kappa shape index (κ1) is 27.4. The number of nitrogens with zero attached hydrogens (tertiary/aromatic N) is 2. The Morgan fingerprint density at radius 3 is 1.27 bits per heavy atom. The maximum absolute atomic E-state index is 9.79. The number of ether oxygens (including phenoxy) is 2. The highest BCUT2D eigenvalue weighted by molar-refractivity contribution is 5.19. The molecule has 0 radical (unpaired) electrons. The topological polar surface area (TPSA) is 65.4 Å². The van der Waals surface area contributed by atoms with E-state index in [9.17, 15) is 10.2 Å². The van der Waals surface area contributed by atoms with E-state index in [-0.39, 0.29) is 31.8 Å². The predicted octanol–water partition coefficient (Wildman–Crippen LogP) is 3.51. The highest BCUT2D eigenvalue weighted by Crippen LogP contribution is 2.26. The smallest absolute Gasteiger partial charge is 0.0969 e. The van der Waals surface area contributed by atoms with Gasteiger partial charge in [0.15, 0.2) is 0 Å². The Bertz CT molecular complexity index is 724. The SMILES string of the molecule is C.CO[C@H]1CN([C@@H](C)c2ccccc2)C[C@@H]1O.CO[C@H]1CN([C@@H](C)c2ccccc2)C[C@@H]1O. The molecular formula is C27H42N2O4. The number of rotatable bonds is 6. The van der Waals surface area contributed by atoms with Crippen LogP contribution in [-0.2, 0) is 9.47 Å². The Labute approximate surface area is 199 Å². The first-order valence-corrected chi connectivity index (χ1v) is 11.4. The third kappa shape index (κ3) is 7.09. The largest absolute Gasteiger partial charge is 0.389 e. The lowest BCUT2D eigenvalue weighted by Gasteiger charge is -2.24. The fourth-order valence-electron chi connectivity index (χ4n) is 4.55. The number of aliphatic hydroxyl groups excluding tert-OH is 2. The Morgan fingerprint density at radius 2 is 1.00 bits per heavy atom. The van der Waals surface area contributed by atoms with Gasteiger partial charge in [-0.25, -0.2) is 0 Å². The van der Waals surface area contributed by atoms with Crippen LogP contribution in [-0.4, -0.2) is 84.8 Å². The molecule has 2 fully saturated rings. The lowest BCUT2D eigenvalue weighted by atomic mass is 10.1.